The molecular weight excluding hydrogens is 435 g/mol. The maximum Gasteiger partial charge on any atom is 0.184 e. The fourth-order valence-corrected chi connectivity index (χ4v) is 8.72. The van der Waals surface area contributed by atoms with Crippen LogP contribution in [0.3, 0.4) is 0 Å². The molecule has 0 amide bonds. The van der Waals surface area contributed by atoms with E-state index in [0.717, 1.165) is 28.4 Å². The number of benzene rings is 1. The van der Waals surface area contributed by atoms with Crippen molar-refractivity contribution >= 4 is 64.6 Å². The Balaban J connectivity index is 2.71. The summed E-state index contributed by atoms with van der Waals surface area (Å²) in [5.74, 6) is 0.219. The molecule has 2 rings (SSSR count). The third-order valence-electron chi connectivity index (χ3n) is 4.88. The summed E-state index contributed by atoms with van der Waals surface area (Å²) in [4.78, 5) is 22.2. The Morgan fingerprint density at radius 1 is 0.778 bits per heavy atom. The molecule has 27 heavy (non-hydrogen) atoms. The molecule has 1 aromatic rings. The summed E-state index contributed by atoms with van der Waals surface area (Å²) < 4.78 is 5.50. The number of thioether (sulfide) groups is 5. The average Bonchev–Trinajstić information content (AvgIpc) is 2.71. The second kappa shape index (κ2) is 10.5. The van der Waals surface area contributed by atoms with E-state index in [1.807, 2.05) is 0 Å². The van der Waals surface area contributed by atoms with E-state index < -0.39 is 5.54 Å². The van der Waals surface area contributed by atoms with E-state index in [1.54, 1.807) is 58.8 Å². The second-order valence-corrected chi connectivity index (χ2v) is 10.6. The zero-order chi connectivity index (χ0) is 20.2. The number of hydrogen-bond acceptors (Lipinski definition) is 8. The van der Waals surface area contributed by atoms with Crippen molar-refractivity contribution in [1.29, 1.82) is 0 Å². The van der Waals surface area contributed by atoms with Crippen molar-refractivity contribution in [3.8, 4) is 0 Å². The lowest BCUT2D eigenvalue weighted by atomic mass is 9.90. The zero-order valence-corrected chi connectivity index (χ0v) is 21.2. The third-order valence-corrected chi connectivity index (χ3v) is 9.48. The Morgan fingerprint density at radius 2 is 1.15 bits per heavy atom. The predicted octanol–water partition coefficient (Wildman–Crippen LogP) is 5.59. The first-order valence-electron chi connectivity index (χ1n) is 8.70. The van der Waals surface area contributed by atoms with Gasteiger partial charge in [-0.2, -0.15) is 0 Å². The van der Waals surface area contributed by atoms with E-state index in [9.17, 15) is 4.79 Å². The molecule has 0 atom stereocenters. The van der Waals surface area contributed by atoms with Crippen LogP contribution in [0.2, 0.25) is 0 Å². The van der Waals surface area contributed by atoms with Gasteiger partial charge >= 0.3 is 0 Å². The van der Waals surface area contributed by atoms with Crippen molar-refractivity contribution < 1.29 is 9.53 Å². The molecular formula is C19H29NO2S5. The molecule has 1 saturated heterocycles. The molecule has 0 radical (unpaired) electrons. The van der Waals surface area contributed by atoms with Crippen molar-refractivity contribution in [3.05, 3.63) is 5.56 Å². The van der Waals surface area contributed by atoms with E-state index in [4.69, 9.17) is 4.74 Å². The van der Waals surface area contributed by atoms with Gasteiger partial charge in [0.05, 0.1) is 18.8 Å². The van der Waals surface area contributed by atoms with Crippen LogP contribution < -0.4 is 0 Å². The summed E-state index contributed by atoms with van der Waals surface area (Å²) in [6.45, 7) is 7.12. The van der Waals surface area contributed by atoms with Gasteiger partial charge in [-0.3, -0.25) is 9.69 Å². The van der Waals surface area contributed by atoms with E-state index in [1.165, 1.54) is 14.7 Å². The van der Waals surface area contributed by atoms with Gasteiger partial charge in [-0.05, 0) is 45.1 Å². The molecule has 0 saturated carbocycles. The molecule has 1 aromatic carbocycles. The highest BCUT2D eigenvalue weighted by Gasteiger charge is 2.39. The second-order valence-electron chi connectivity index (χ2n) is 6.53. The highest BCUT2D eigenvalue weighted by atomic mass is 32.2. The zero-order valence-electron chi connectivity index (χ0n) is 17.1. The first-order chi connectivity index (χ1) is 12.9. The Morgan fingerprint density at radius 3 is 1.52 bits per heavy atom. The van der Waals surface area contributed by atoms with Gasteiger partial charge in [0.2, 0.25) is 0 Å². The standard InChI is InChI=1S/C19H29NO2S5/c1-19(2,20-8-10-22-11-9-20)18(21)12-13(23-3)15(25-5)17(27-7)16(26-6)14(12)24-4/h8-11H2,1-7H3. The number of carbonyl (C=O) groups is 1. The maximum atomic E-state index is 13.9. The van der Waals surface area contributed by atoms with Crippen LogP contribution in [0.15, 0.2) is 24.5 Å². The van der Waals surface area contributed by atoms with Crippen LogP contribution in [0, 0.1) is 0 Å². The normalized spacial score (nSPS) is 16.0. The molecule has 0 N–H and O–H groups in total. The Bertz CT molecular complexity index is 654. The minimum Gasteiger partial charge on any atom is -0.379 e. The highest BCUT2D eigenvalue weighted by Crippen LogP contribution is 2.49. The van der Waals surface area contributed by atoms with Gasteiger partial charge in [0.1, 0.15) is 0 Å². The number of nitrogens with zero attached hydrogens (tertiary/aromatic N) is 1. The molecule has 152 valence electrons. The van der Waals surface area contributed by atoms with Crippen LogP contribution in [0.1, 0.15) is 24.2 Å². The van der Waals surface area contributed by atoms with Gasteiger partial charge in [0.15, 0.2) is 5.78 Å². The Kier molecular flexibility index (Phi) is 9.31. The fraction of sp³-hybridized carbons (Fsp3) is 0.632. The number of rotatable bonds is 8. The Hall–Kier alpha value is 0.560. The monoisotopic (exact) mass is 463 g/mol. The predicted molar refractivity (Wildman–Crippen MR) is 126 cm³/mol. The van der Waals surface area contributed by atoms with Gasteiger partial charge in [-0.15, -0.1) is 58.8 Å². The van der Waals surface area contributed by atoms with E-state index in [-0.39, 0.29) is 5.78 Å². The number of Topliss-reactive ketones (excluding diaryl/α,β-unsaturated/α-hetero) is 1. The van der Waals surface area contributed by atoms with Crippen molar-refractivity contribution in [2.24, 2.45) is 0 Å². The lowest BCUT2D eigenvalue weighted by molar-refractivity contribution is -0.00455. The number of hydrogen-bond donors (Lipinski definition) is 0. The molecule has 0 aromatic heterocycles. The van der Waals surface area contributed by atoms with Gasteiger partial charge in [-0.25, -0.2) is 0 Å². The summed E-state index contributed by atoms with van der Waals surface area (Å²) in [5.41, 5.74) is 0.350. The molecule has 0 bridgehead atoms. The summed E-state index contributed by atoms with van der Waals surface area (Å²) in [6, 6.07) is 0. The minimum absolute atomic E-state index is 0.219. The topological polar surface area (TPSA) is 29.5 Å². The largest absolute Gasteiger partial charge is 0.379 e. The lowest BCUT2D eigenvalue weighted by Crippen LogP contribution is -2.54. The van der Waals surface area contributed by atoms with Gasteiger partial charge in [-0.1, -0.05) is 0 Å². The van der Waals surface area contributed by atoms with Crippen molar-refractivity contribution in [1.82, 2.24) is 4.90 Å². The maximum absolute atomic E-state index is 13.9. The smallest absolute Gasteiger partial charge is 0.184 e. The molecule has 0 spiro atoms. The SMILES string of the molecule is CSc1c(SC)c(SC)c(C(=O)C(C)(C)N2CCOCC2)c(SC)c1SC. The average molecular weight is 464 g/mol. The summed E-state index contributed by atoms with van der Waals surface area (Å²) in [6.07, 6.45) is 10.5. The molecule has 0 unspecified atom stereocenters. The quantitative estimate of drug-likeness (QED) is 0.364. The lowest BCUT2D eigenvalue weighted by Gasteiger charge is -2.40. The minimum atomic E-state index is -0.551. The van der Waals surface area contributed by atoms with Crippen LogP contribution in [-0.2, 0) is 4.74 Å². The third kappa shape index (κ3) is 4.67. The summed E-state index contributed by atoms with van der Waals surface area (Å²) in [5, 5.41) is 0. The first-order valence-corrected chi connectivity index (χ1v) is 14.8. The van der Waals surface area contributed by atoms with Crippen LogP contribution in [-0.4, -0.2) is 73.8 Å². The fourth-order valence-electron chi connectivity index (χ4n) is 3.36. The number of ether oxygens (including phenoxy) is 1. The highest BCUT2D eigenvalue weighted by molar-refractivity contribution is 8.05. The summed E-state index contributed by atoms with van der Waals surface area (Å²) in [7, 11) is 0. The molecule has 8 heteroatoms. The van der Waals surface area contributed by atoms with Crippen molar-refractivity contribution in [2.75, 3.05) is 57.6 Å². The molecule has 0 aliphatic carbocycles. The molecule has 1 aliphatic heterocycles. The summed E-state index contributed by atoms with van der Waals surface area (Å²) >= 11 is 8.67. The van der Waals surface area contributed by atoms with Crippen LogP contribution >= 0.6 is 58.8 Å². The van der Waals surface area contributed by atoms with Gasteiger partial charge in [0, 0.05) is 43.1 Å². The molecule has 3 nitrogen and oxygen atoms in total. The van der Waals surface area contributed by atoms with Gasteiger partial charge < -0.3 is 4.74 Å². The number of carbonyl (C=O) groups excluding carboxylic acids is 1. The van der Waals surface area contributed by atoms with Crippen LogP contribution in [0.4, 0.5) is 0 Å². The van der Waals surface area contributed by atoms with Crippen molar-refractivity contribution in [3.63, 3.8) is 0 Å². The van der Waals surface area contributed by atoms with E-state index in [2.05, 4.69) is 50.0 Å². The van der Waals surface area contributed by atoms with Gasteiger partial charge in [0.25, 0.3) is 0 Å². The van der Waals surface area contributed by atoms with E-state index in [0.29, 0.717) is 13.2 Å². The van der Waals surface area contributed by atoms with Crippen LogP contribution in [0.5, 0.6) is 0 Å². The number of ketones is 1. The van der Waals surface area contributed by atoms with E-state index >= 15 is 0 Å². The molecule has 1 fully saturated rings. The van der Waals surface area contributed by atoms with Crippen molar-refractivity contribution in [2.45, 2.75) is 43.9 Å². The molecule has 1 heterocycles. The first kappa shape index (κ1) is 23.8. The number of morpholine rings is 1. The molecule has 1 aliphatic rings. The Labute approximate surface area is 185 Å². The van der Waals surface area contributed by atoms with Crippen LogP contribution in [0.25, 0.3) is 0 Å².